The number of nitrogens with zero attached hydrogens (tertiary/aromatic N) is 1. The van der Waals surface area contributed by atoms with E-state index in [1.54, 1.807) is 6.07 Å². The van der Waals surface area contributed by atoms with Crippen LogP contribution in [0.5, 0.6) is 0 Å². The highest BCUT2D eigenvalue weighted by Crippen LogP contribution is 2.30. The lowest BCUT2D eigenvalue weighted by molar-refractivity contribution is 0.0693. The molecule has 0 aliphatic rings. The molecule has 110 valence electrons. The summed E-state index contributed by atoms with van der Waals surface area (Å²) in [5, 5.41) is 9.41. The molecule has 2 aromatic rings. The third-order valence-corrected chi connectivity index (χ3v) is 3.48. The third kappa shape index (κ3) is 3.13. The van der Waals surface area contributed by atoms with Gasteiger partial charge in [-0.1, -0.05) is 50.6 Å². The first kappa shape index (κ1) is 15.2. The van der Waals surface area contributed by atoms with Crippen molar-refractivity contribution in [2.24, 2.45) is 0 Å². The Kier molecular flexibility index (Phi) is 3.86. The molecule has 21 heavy (non-hydrogen) atoms. The minimum atomic E-state index is -0.925. The van der Waals surface area contributed by atoms with Crippen LogP contribution in [0.3, 0.4) is 0 Å². The molecule has 1 N–H and O–H groups in total. The molecule has 0 aliphatic heterocycles. The lowest BCUT2D eigenvalue weighted by Gasteiger charge is -2.22. The molecule has 0 saturated carbocycles. The highest BCUT2D eigenvalue weighted by Gasteiger charge is 2.25. The minimum Gasteiger partial charge on any atom is -0.478 e. The Morgan fingerprint density at radius 3 is 2.14 bits per heavy atom. The van der Waals surface area contributed by atoms with Crippen molar-refractivity contribution in [1.82, 2.24) is 4.98 Å². The van der Waals surface area contributed by atoms with Gasteiger partial charge in [-0.15, -0.1) is 0 Å². The maximum absolute atomic E-state index is 11.5. The topological polar surface area (TPSA) is 50.2 Å². The zero-order valence-electron chi connectivity index (χ0n) is 13.2. The van der Waals surface area contributed by atoms with Crippen LogP contribution in [0.4, 0.5) is 0 Å². The van der Waals surface area contributed by atoms with E-state index in [1.807, 2.05) is 58.9 Å². The van der Waals surface area contributed by atoms with Crippen LogP contribution in [-0.4, -0.2) is 16.1 Å². The van der Waals surface area contributed by atoms with E-state index in [0.29, 0.717) is 5.69 Å². The largest absolute Gasteiger partial charge is 0.478 e. The average molecular weight is 283 g/mol. The number of carboxylic acids is 1. The molecule has 0 fully saturated rings. The van der Waals surface area contributed by atoms with Gasteiger partial charge < -0.3 is 5.11 Å². The van der Waals surface area contributed by atoms with E-state index in [2.05, 4.69) is 4.98 Å². The SMILES string of the molecule is Cc1ccc(-c2nc(C(C)(C)C)c(C(=O)O)cc2C)cc1. The van der Waals surface area contributed by atoms with E-state index < -0.39 is 5.97 Å². The molecule has 1 heterocycles. The predicted octanol–water partition coefficient (Wildman–Crippen LogP) is 4.36. The summed E-state index contributed by atoms with van der Waals surface area (Å²) in [6.45, 7) is 9.89. The van der Waals surface area contributed by atoms with E-state index in [0.717, 1.165) is 16.8 Å². The van der Waals surface area contributed by atoms with E-state index in [4.69, 9.17) is 0 Å². The second kappa shape index (κ2) is 5.32. The van der Waals surface area contributed by atoms with Crippen LogP contribution in [0.2, 0.25) is 0 Å². The molecular weight excluding hydrogens is 262 g/mol. The number of hydrogen-bond acceptors (Lipinski definition) is 2. The molecule has 0 aliphatic carbocycles. The van der Waals surface area contributed by atoms with E-state index in [1.165, 1.54) is 5.56 Å². The third-order valence-electron chi connectivity index (χ3n) is 3.48. The van der Waals surface area contributed by atoms with Gasteiger partial charge in [-0.05, 0) is 25.5 Å². The molecule has 1 aromatic heterocycles. The fraction of sp³-hybridized carbons (Fsp3) is 0.333. The lowest BCUT2D eigenvalue weighted by Crippen LogP contribution is -2.20. The fourth-order valence-corrected chi connectivity index (χ4v) is 2.35. The van der Waals surface area contributed by atoms with Crippen LogP contribution >= 0.6 is 0 Å². The van der Waals surface area contributed by atoms with Gasteiger partial charge in [0.15, 0.2) is 0 Å². The molecule has 3 heteroatoms. The maximum atomic E-state index is 11.5. The Labute approximate surface area is 125 Å². The van der Waals surface area contributed by atoms with Crippen molar-refractivity contribution >= 4 is 5.97 Å². The summed E-state index contributed by atoms with van der Waals surface area (Å²) in [7, 11) is 0. The summed E-state index contributed by atoms with van der Waals surface area (Å²) in [4.78, 5) is 16.2. The Bertz CT molecular complexity index is 680. The smallest absolute Gasteiger partial charge is 0.337 e. The number of aryl methyl sites for hydroxylation is 2. The van der Waals surface area contributed by atoms with Crippen LogP contribution in [-0.2, 0) is 5.41 Å². The lowest BCUT2D eigenvalue weighted by atomic mass is 9.87. The molecule has 1 aromatic carbocycles. The number of carbonyl (C=O) groups is 1. The van der Waals surface area contributed by atoms with Gasteiger partial charge in [0.25, 0.3) is 0 Å². The monoisotopic (exact) mass is 283 g/mol. The molecule has 0 atom stereocenters. The average Bonchev–Trinajstić information content (AvgIpc) is 2.38. The van der Waals surface area contributed by atoms with Gasteiger partial charge in [0.2, 0.25) is 0 Å². The summed E-state index contributed by atoms with van der Waals surface area (Å²) in [6.07, 6.45) is 0. The van der Waals surface area contributed by atoms with Crippen molar-refractivity contribution in [1.29, 1.82) is 0 Å². The van der Waals surface area contributed by atoms with Crippen LogP contribution in [0.25, 0.3) is 11.3 Å². The number of rotatable bonds is 2. The summed E-state index contributed by atoms with van der Waals surface area (Å²) in [5.41, 5.74) is 4.53. The van der Waals surface area contributed by atoms with Gasteiger partial charge in [0.05, 0.1) is 17.0 Å². The van der Waals surface area contributed by atoms with Gasteiger partial charge in [-0.2, -0.15) is 0 Å². The molecule has 0 spiro atoms. The molecule has 0 unspecified atom stereocenters. The molecule has 2 rings (SSSR count). The first-order valence-corrected chi connectivity index (χ1v) is 7.02. The first-order chi connectivity index (χ1) is 9.70. The van der Waals surface area contributed by atoms with Crippen molar-refractivity contribution in [2.75, 3.05) is 0 Å². The summed E-state index contributed by atoms with van der Waals surface area (Å²) >= 11 is 0. The molecular formula is C18H21NO2. The Balaban J connectivity index is 2.69. The van der Waals surface area contributed by atoms with Crippen LogP contribution in [0.1, 0.15) is 48.0 Å². The quantitative estimate of drug-likeness (QED) is 0.890. The Morgan fingerprint density at radius 1 is 1.10 bits per heavy atom. The highest BCUT2D eigenvalue weighted by atomic mass is 16.4. The highest BCUT2D eigenvalue weighted by molar-refractivity contribution is 5.90. The molecule has 0 saturated heterocycles. The molecule has 0 amide bonds. The summed E-state index contributed by atoms with van der Waals surface area (Å²) < 4.78 is 0. The maximum Gasteiger partial charge on any atom is 0.337 e. The summed E-state index contributed by atoms with van der Waals surface area (Å²) in [5.74, 6) is -0.925. The summed E-state index contributed by atoms with van der Waals surface area (Å²) in [6, 6.07) is 9.86. The molecule has 3 nitrogen and oxygen atoms in total. The van der Waals surface area contributed by atoms with E-state index in [9.17, 15) is 9.90 Å². The van der Waals surface area contributed by atoms with Gasteiger partial charge in [-0.25, -0.2) is 4.79 Å². The number of carboxylic acid groups (broad SMARTS) is 1. The minimum absolute atomic E-state index is 0.288. The van der Waals surface area contributed by atoms with Crippen molar-refractivity contribution in [3.63, 3.8) is 0 Å². The van der Waals surface area contributed by atoms with E-state index in [-0.39, 0.29) is 11.0 Å². The number of benzene rings is 1. The molecule has 0 radical (unpaired) electrons. The van der Waals surface area contributed by atoms with Crippen molar-refractivity contribution in [3.8, 4) is 11.3 Å². The molecule has 0 bridgehead atoms. The predicted molar refractivity (Wildman–Crippen MR) is 84.8 cm³/mol. The second-order valence-corrected chi connectivity index (χ2v) is 6.47. The number of aromatic carboxylic acids is 1. The van der Waals surface area contributed by atoms with Gasteiger partial charge in [-0.3, -0.25) is 4.98 Å². The van der Waals surface area contributed by atoms with Crippen molar-refractivity contribution < 1.29 is 9.90 Å². The number of aromatic nitrogens is 1. The zero-order chi connectivity index (χ0) is 15.8. The Hall–Kier alpha value is -2.16. The van der Waals surface area contributed by atoms with Crippen LogP contribution in [0, 0.1) is 13.8 Å². The first-order valence-electron chi connectivity index (χ1n) is 7.02. The van der Waals surface area contributed by atoms with Crippen LogP contribution in [0.15, 0.2) is 30.3 Å². The van der Waals surface area contributed by atoms with Gasteiger partial charge in [0, 0.05) is 11.0 Å². The number of pyridine rings is 1. The Morgan fingerprint density at radius 2 is 1.67 bits per heavy atom. The fourth-order valence-electron chi connectivity index (χ4n) is 2.35. The normalized spacial score (nSPS) is 11.5. The van der Waals surface area contributed by atoms with Crippen LogP contribution < -0.4 is 0 Å². The van der Waals surface area contributed by atoms with Gasteiger partial charge in [0.1, 0.15) is 0 Å². The number of hydrogen-bond donors (Lipinski definition) is 1. The van der Waals surface area contributed by atoms with Gasteiger partial charge >= 0.3 is 5.97 Å². The zero-order valence-corrected chi connectivity index (χ0v) is 13.2. The second-order valence-electron chi connectivity index (χ2n) is 6.47. The van der Waals surface area contributed by atoms with E-state index >= 15 is 0 Å². The van der Waals surface area contributed by atoms with Crippen molar-refractivity contribution in [3.05, 3.63) is 52.7 Å². The van der Waals surface area contributed by atoms with Crippen molar-refractivity contribution in [2.45, 2.75) is 40.0 Å². The standard InChI is InChI=1S/C18H21NO2/c1-11-6-8-13(9-7-11)15-12(2)10-14(17(20)21)16(19-15)18(3,4)5/h6-10H,1-5H3,(H,20,21).